The van der Waals surface area contributed by atoms with Crippen molar-refractivity contribution in [3.63, 3.8) is 0 Å². The molecule has 1 rings (SSSR count). The zero-order chi connectivity index (χ0) is 15.3. The van der Waals surface area contributed by atoms with Crippen molar-refractivity contribution in [1.29, 1.82) is 0 Å². The second-order valence-corrected chi connectivity index (χ2v) is 5.25. The number of hydrogen-bond donors (Lipinski definition) is 1. The predicted octanol–water partition coefficient (Wildman–Crippen LogP) is 1.02. The normalized spacial score (nSPS) is 12.3. The molecule has 1 heterocycles. The molecule has 2 amide bonds. The molecule has 1 N–H and O–H groups in total. The van der Waals surface area contributed by atoms with Crippen molar-refractivity contribution >= 4 is 11.8 Å². The molecule has 0 radical (unpaired) electrons. The van der Waals surface area contributed by atoms with Crippen LogP contribution in [0.5, 0.6) is 0 Å². The van der Waals surface area contributed by atoms with E-state index in [-0.39, 0.29) is 17.7 Å². The van der Waals surface area contributed by atoms with Crippen molar-refractivity contribution in [2.75, 3.05) is 7.05 Å². The van der Waals surface area contributed by atoms with E-state index in [9.17, 15) is 9.59 Å². The molecule has 0 saturated carbocycles. The van der Waals surface area contributed by atoms with Gasteiger partial charge in [-0.2, -0.15) is 0 Å². The average molecular weight is 280 g/mol. The lowest BCUT2D eigenvalue weighted by Crippen LogP contribution is -2.49. The molecule has 0 unspecified atom stereocenters. The van der Waals surface area contributed by atoms with Gasteiger partial charge in [-0.05, 0) is 12.8 Å². The minimum absolute atomic E-state index is 0.0415. The van der Waals surface area contributed by atoms with Gasteiger partial charge < -0.3 is 14.8 Å². The van der Waals surface area contributed by atoms with Crippen molar-refractivity contribution in [2.24, 2.45) is 5.92 Å². The van der Waals surface area contributed by atoms with Crippen LogP contribution in [0.1, 0.15) is 33.5 Å². The van der Waals surface area contributed by atoms with E-state index in [0.29, 0.717) is 6.54 Å². The summed E-state index contributed by atoms with van der Waals surface area (Å²) in [4.78, 5) is 29.5. The van der Waals surface area contributed by atoms with Gasteiger partial charge in [0.2, 0.25) is 11.8 Å². The average Bonchev–Trinajstić information content (AvgIpc) is 2.81. The number of hydrogen-bond acceptors (Lipinski definition) is 3. The maximum absolute atomic E-state index is 12.4. The van der Waals surface area contributed by atoms with Gasteiger partial charge in [-0.25, -0.2) is 4.98 Å². The Hall–Kier alpha value is -1.85. The van der Waals surface area contributed by atoms with Gasteiger partial charge in [0.25, 0.3) is 0 Å². The molecule has 0 aromatic carbocycles. The summed E-state index contributed by atoms with van der Waals surface area (Å²) in [5, 5.41) is 2.71. The topological polar surface area (TPSA) is 67.2 Å². The Labute approximate surface area is 120 Å². The molecule has 0 spiro atoms. The van der Waals surface area contributed by atoms with Crippen LogP contribution >= 0.6 is 0 Å². The first-order valence-corrected chi connectivity index (χ1v) is 6.88. The van der Waals surface area contributed by atoms with Crippen LogP contribution in [0.15, 0.2) is 12.4 Å². The van der Waals surface area contributed by atoms with Gasteiger partial charge in [0.05, 0.1) is 6.54 Å². The molecule has 6 nitrogen and oxygen atoms in total. The minimum Gasteiger partial charge on any atom is -0.344 e. The first-order chi connectivity index (χ1) is 9.36. The molecule has 112 valence electrons. The zero-order valence-electron chi connectivity index (χ0n) is 12.9. The lowest BCUT2D eigenvalue weighted by atomic mass is 10.0. The number of carbonyl (C=O) groups excluding carboxylic acids is 2. The minimum atomic E-state index is -0.498. The maximum Gasteiger partial charge on any atom is 0.245 e. The van der Waals surface area contributed by atoms with Gasteiger partial charge in [0, 0.05) is 32.9 Å². The van der Waals surface area contributed by atoms with Gasteiger partial charge in [0.15, 0.2) is 0 Å². The molecule has 1 atom stereocenters. The fraction of sp³-hybridized carbons (Fsp3) is 0.643. The van der Waals surface area contributed by atoms with E-state index >= 15 is 0 Å². The van der Waals surface area contributed by atoms with E-state index in [4.69, 9.17) is 0 Å². The highest BCUT2D eigenvalue weighted by molar-refractivity contribution is 5.86. The number of aromatic nitrogens is 2. The summed E-state index contributed by atoms with van der Waals surface area (Å²) in [6.45, 7) is 8.53. The molecule has 0 saturated heterocycles. The van der Waals surface area contributed by atoms with Gasteiger partial charge >= 0.3 is 0 Å². The number of imidazole rings is 1. The van der Waals surface area contributed by atoms with Crippen molar-refractivity contribution < 1.29 is 9.59 Å². The fourth-order valence-corrected chi connectivity index (χ4v) is 2.04. The first-order valence-electron chi connectivity index (χ1n) is 6.88. The van der Waals surface area contributed by atoms with E-state index in [1.807, 2.05) is 31.5 Å². The van der Waals surface area contributed by atoms with Crippen LogP contribution in [0.4, 0.5) is 0 Å². The maximum atomic E-state index is 12.4. The van der Waals surface area contributed by atoms with Crippen LogP contribution < -0.4 is 5.32 Å². The number of likely N-dealkylation sites (N-methyl/N-ethyl adjacent to an activating group) is 1. The van der Waals surface area contributed by atoms with E-state index in [2.05, 4.69) is 10.3 Å². The Morgan fingerprint density at radius 2 is 2.10 bits per heavy atom. The van der Waals surface area contributed by atoms with Crippen LogP contribution in [0.2, 0.25) is 0 Å². The molecule has 0 fully saturated rings. The Morgan fingerprint density at radius 3 is 2.60 bits per heavy atom. The number of carbonyl (C=O) groups is 2. The number of rotatable bonds is 6. The monoisotopic (exact) mass is 280 g/mol. The predicted molar refractivity (Wildman–Crippen MR) is 76.8 cm³/mol. The van der Waals surface area contributed by atoms with Crippen molar-refractivity contribution in [2.45, 2.75) is 46.8 Å². The van der Waals surface area contributed by atoms with Crippen LogP contribution in [0, 0.1) is 5.92 Å². The summed E-state index contributed by atoms with van der Waals surface area (Å²) >= 11 is 0. The van der Waals surface area contributed by atoms with Crippen molar-refractivity contribution in [3.8, 4) is 0 Å². The lowest BCUT2D eigenvalue weighted by Gasteiger charge is -2.26. The Balaban J connectivity index is 2.76. The third-order valence-corrected chi connectivity index (χ3v) is 3.19. The molecular weight excluding hydrogens is 256 g/mol. The lowest BCUT2D eigenvalue weighted by molar-refractivity contribution is -0.136. The van der Waals surface area contributed by atoms with E-state index in [1.165, 1.54) is 6.92 Å². The highest BCUT2D eigenvalue weighted by Crippen LogP contribution is 2.08. The van der Waals surface area contributed by atoms with Crippen LogP contribution in [-0.4, -0.2) is 39.4 Å². The van der Waals surface area contributed by atoms with Crippen molar-refractivity contribution in [1.82, 2.24) is 19.8 Å². The van der Waals surface area contributed by atoms with E-state index in [0.717, 1.165) is 12.4 Å². The second-order valence-electron chi connectivity index (χ2n) is 5.25. The fourth-order valence-electron chi connectivity index (χ4n) is 2.04. The summed E-state index contributed by atoms with van der Waals surface area (Å²) in [7, 11) is 1.73. The molecule has 1 aromatic heterocycles. The largest absolute Gasteiger partial charge is 0.344 e. The van der Waals surface area contributed by atoms with Crippen LogP contribution in [-0.2, 0) is 22.7 Å². The third-order valence-electron chi connectivity index (χ3n) is 3.19. The summed E-state index contributed by atoms with van der Waals surface area (Å²) < 4.78 is 1.99. The summed E-state index contributed by atoms with van der Waals surface area (Å²) in [6.07, 6.45) is 3.62. The third kappa shape index (κ3) is 4.08. The van der Waals surface area contributed by atoms with Crippen molar-refractivity contribution in [3.05, 3.63) is 18.2 Å². The van der Waals surface area contributed by atoms with Crippen LogP contribution in [0.25, 0.3) is 0 Å². The zero-order valence-corrected chi connectivity index (χ0v) is 12.9. The SMILES string of the molecule is CCn1ccnc1CN(C)C(=O)[C@H](NC(C)=O)C(C)C. The standard InChI is InChI=1S/C14H24N4O2/c1-6-18-8-7-15-12(18)9-17(5)14(20)13(10(2)3)16-11(4)19/h7-8,10,13H,6,9H2,1-5H3,(H,16,19)/t13-/m1/s1. The number of nitrogens with zero attached hydrogens (tertiary/aromatic N) is 3. The molecule has 1 aromatic rings. The quantitative estimate of drug-likeness (QED) is 0.846. The number of aryl methyl sites for hydroxylation is 1. The van der Waals surface area contributed by atoms with Gasteiger partial charge in [-0.1, -0.05) is 13.8 Å². The van der Waals surface area contributed by atoms with E-state index < -0.39 is 6.04 Å². The van der Waals surface area contributed by atoms with Gasteiger partial charge in [0.1, 0.15) is 11.9 Å². The van der Waals surface area contributed by atoms with Gasteiger partial charge in [-0.3, -0.25) is 9.59 Å². The molecule has 6 heteroatoms. The first kappa shape index (κ1) is 16.2. The highest BCUT2D eigenvalue weighted by atomic mass is 16.2. The Morgan fingerprint density at radius 1 is 1.45 bits per heavy atom. The molecular formula is C14H24N4O2. The van der Waals surface area contributed by atoms with Crippen LogP contribution in [0.3, 0.4) is 0 Å². The van der Waals surface area contributed by atoms with E-state index in [1.54, 1.807) is 18.1 Å². The molecule has 0 bridgehead atoms. The highest BCUT2D eigenvalue weighted by Gasteiger charge is 2.26. The number of nitrogens with one attached hydrogen (secondary N) is 1. The Kier molecular flexibility index (Phi) is 5.73. The Bertz CT molecular complexity index is 467. The summed E-state index contributed by atoms with van der Waals surface area (Å²) in [6, 6.07) is -0.498. The summed E-state index contributed by atoms with van der Waals surface area (Å²) in [5.41, 5.74) is 0. The molecule has 0 aliphatic carbocycles. The molecule has 20 heavy (non-hydrogen) atoms. The molecule has 0 aliphatic rings. The summed E-state index contributed by atoms with van der Waals surface area (Å²) in [5.74, 6) is 0.592. The second kappa shape index (κ2) is 7.07. The van der Waals surface area contributed by atoms with Gasteiger partial charge in [-0.15, -0.1) is 0 Å². The number of amides is 2. The molecule has 0 aliphatic heterocycles. The smallest absolute Gasteiger partial charge is 0.245 e.